The number of carbonyl (C=O) groups is 1. The summed E-state index contributed by atoms with van der Waals surface area (Å²) < 4.78 is 39.2. The molecule has 5 heterocycles. The summed E-state index contributed by atoms with van der Waals surface area (Å²) in [5, 5.41) is 3.11. The van der Waals surface area contributed by atoms with Crippen molar-refractivity contribution in [2.24, 2.45) is 0 Å². The Morgan fingerprint density at radius 1 is 1.12 bits per heavy atom. The van der Waals surface area contributed by atoms with Crippen LogP contribution in [0.4, 0.5) is 24.1 Å². The van der Waals surface area contributed by atoms with Crippen LogP contribution in [-0.2, 0) is 6.18 Å². The molecule has 1 N–H and O–H groups in total. The van der Waals surface area contributed by atoms with Crippen LogP contribution in [0.15, 0.2) is 42.7 Å². The van der Waals surface area contributed by atoms with Gasteiger partial charge < -0.3 is 10.2 Å². The number of hydrogen-bond donors (Lipinski definition) is 1. The molecule has 2 fully saturated rings. The number of nitrogens with one attached hydrogen (secondary N) is 1. The Bertz CT molecular complexity index is 1150. The number of rotatable bonds is 4. The maximum Gasteiger partial charge on any atom is 0.416 e. The fraction of sp³-hybridized carbons (Fsp3) is 0.364. The van der Waals surface area contributed by atoms with Gasteiger partial charge in [-0.3, -0.25) is 14.7 Å². The predicted molar refractivity (Wildman–Crippen MR) is 118 cm³/mol. The molecule has 0 aromatic carbocycles. The maximum atomic E-state index is 13.5. The topological polar surface area (TPSA) is 74.2 Å². The maximum absolute atomic E-state index is 13.5. The van der Waals surface area contributed by atoms with E-state index < -0.39 is 11.7 Å². The van der Waals surface area contributed by atoms with E-state index in [9.17, 15) is 18.0 Å². The first kappa shape index (κ1) is 21.8. The van der Waals surface area contributed by atoms with Gasteiger partial charge in [-0.1, -0.05) is 17.4 Å². The van der Waals surface area contributed by atoms with E-state index >= 15 is 0 Å². The first-order valence-corrected chi connectivity index (χ1v) is 11.5. The van der Waals surface area contributed by atoms with Gasteiger partial charge in [-0.15, -0.1) is 0 Å². The second-order valence-corrected chi connectivity index (χ2v) is 9.05. The van der Waals surface area contributed by atoms with Crippen LogP contribution in [-0.4, -0.2) is 62.9 Å². The van der Waals surface area contributed by atoms with Gasteiger partial charge in [-0.05, 0) is 43.7 Å². The van der Waals surface area contributed by atoms with E-state index in [0.717, 1.165) is 55.6 Å². The summed E-state index contributed by atoms with van der Waals surface area (Å²) in [7, 11) is 0. The minimum Gasteiger partial charge on any atom is -0.335 e. The van der Waals surface area contributed by atoms with E-state index in [1.165, 1.54) is 0 Å². The number of hydrogen-bond acceptors (Lipinski definition) is 7. The standard InChI is InChI=1S/C22H21F3N6OS/c23-22(24,25)14-6-8-27-17(12-14)28-21-29-18(16-5-1-2-7-26-16)19(33-21)20(32)31-11-10-30-9-3-4-15(30)13-31/h1-2,5-8,12,15H,3-4,9-11,13H2,(H,27,28,29). The summed E-state index contributed by atoms with van der Waals surface area (Å²) in [6.07, 6.45) is 0.441. The number of carbonyl (C=O) groups excluding carboxylic acids is 1. The van der Waals surface area contributed by atoms with Gasteiger partial charge in [-0.2, -0.15) is 13.2 Å². The first-order chi connectivity index (χ1) is 15.9. The van der Waals surface area contributed by atoms with Crippen LogP contribution in [0.3, 0.4) is 0 Å². The Kier molecular flexibility index (Phi) is 5.75. The number of alkyl halides is 3. The van der Waals surface area contributed by atoms with Gasteiger partial charge in [0, 0.05) is 38.1 Å². The molecule has 1 atom stereocenters. The van der Waals surface area contributed by atoms with Crippen LogP contribution >= 0.6 is 11.3 Å². The fourth-order valence-corrected chi connectivity index (χ4v) is 5.25. The Morgan fingerprint density at radius 3 is 2.79 bits per heavy atom. The fourth-order valence-electron chi connectivity index (χ4n) is 4.30. The number of amides is 1. The molecule has 3 aromatic rings. The monoisotopic (exact) mass is 474 g/mol. The Morgan fingerprint density at radius 2 is 2.00 bits per heavy atom. The molecule has 33 heavy (non-hydrogen) atoms. The third kappa shape index (κ3) is 4.55. The van der Waals surface area contributed by atoms with Crippen molar-refractivity contribution in [3.63, 3.8) is 0 Å². The molecule has 2 aliphatic heterocycles. The van der Waals surface area contributed by atoms with Crippen molar-refractivity contribution in [3.05, 3.63) is 53.2 Å². The highest BCUT2D eigenvalue weighted by Crippen LogP contribution is 2.35. The highest BCUT2D eigenvalue weighted by Gasteiger charge is 2.35. The lowest BCUT2D eigenvalue weighted by Crippen LogP contribution is -2.52. The molecule has 172 valence electrons. The van der Waals surface area contributed by atoms with E-state index in [-0.39, 0.29) is 16.9 Å². The molecule has 1 amide bonds. The zero-order chi connectivity index (χ0) is 23.0. The molecule has 0 radical (unpaired) electrons. The summed E-state index contributed by atoms with van der Waals surface area (Å²) in [5.74, 6) is -0.130. The lowest BCUT2D eigenvalue weighted by atomic mass is 10.1. The van der Waals surface area contributed by atoms with E-state index in [1.54, 1.807) is 24.4 Å². The first-order valence-electron chi connectivity index (χ1n) is 10.6. The summed E-state index contributed by atoms with van der Waals surface area (Å²) >= 11 is 1.10. The smallest absolute Gasteiger partial charge is 0.335 e. The van der Waals surface area contributed by atoms with Gasteiger partial charge in [0.1, 0.15) is 16.4 Å². The average Bonchev–Trinajstić information content (AvgIpc) is 3.45. The van der Waals surface area contributed by atoms with Crippen LogP contribution in [0.2, 0.25) is 0 Å². The third-order valence-corrected chi connectivity index (χ3v) is 6.88. The van der Waals surface area contributed by atoms with Crippen LogP contribution in [0.25, 0.3) is 11.4 Å². The van der Waals surface area contributed by atoms with Crippen LogP contribution in [0, 0.1) is 0 Å². The largest absolute Gasteiger partial charge is 0.416 e. The van der Waals surface area contributed by atoms with Crippen molar-refractivity contribution < 1.29 is 18.0 Å². The number of fused-ring (bicyclic) bond motifs is 1. The van der Waals surface area contributed by atoms with Crippen molar-refractivity contribution >= 4 is 28.2 Å². The Hall–Kier alpha value is -3.05. The van der Waals surface area contributed by atoms with Crippen LogP contribution in [0.5, 0.6) is 0 Å². The summed E-state index contributed by atoms with van der Waals surface area (Å²) in [4.78, 5) is 31.0. The molecule has 3 aromatic heterocycles. The molecular formula is C22H21F3N6OS. The lowest BCUT2D eigenvalue weighted by Gasteiger charge is -2.37. The van der Waals surface area contributed by atoms with Crippen LogP contribution < -0.4 is 5.32 Å². The van der Waals surface area contributed by atoms with Gasteiger partial charge in [-0.25, -0.2) is 9.97 Å². The van der Waals surface area contributed by atoms with E-state index in [0.29, 0.717) is 35.4 Å². The molecule has 7 nitrogen and oxygen atoms in total. The second kappa shape index (κ2) is 8.71. The number of halogens is 3. The predicted octanol–water partition coefficient (Wildman–Crippen LogP) is 4.28. The second-order valence-electron chi connectivity index (χ2n) is 8.05. The van der Waals surface area contributed by atoms with Gasteiger partial charge in [0.25, 0.3) is 5.91 Å². The van der Waals surface area contributed by atoms with Gasteiger partial charge in [0.05, 0.1) is 11.3 Å². The number of nitrogens with zero attached hydrogens (tertiary/aromatic N) is 5. The number of anilines is 2. The summed E-state index contributed by atoms with van der Waals surface area (Å²) in [6.45, 7) is 3.21. The zero-order valence-corrected chi connectivity index (χ0v) is 18.4. The summed E-state index contributed by atoms with van der Waals surface area (Å²) in [6, 6.07) is 7.53. The van der Waals surface area contributed by atoms with Crippen molar-refractivity contribution in [3.8, 4) is 11.4 Å². The highest BCUT2D eigenvalue weighted by atomic mass is 32.1. The number of aromatic nitrogens is 3. The van der Waals surface area contributed by atoms with Crippen molar-refractivity contribution in [2.75, 3.05) is 31.5 Å². The Labute approximate surface area is 192 Å². The minimum absolute atomic E-state index is 0.00437. The van der Waals surface area contributed by atoms with E-state index in [4.69, 9.17) is 0 Å². The third-order valence-electron chi connectivity index (χ3n) is 5.93. The van der Waals surface area contributed by atoms with Crippen molar-refractivity contribution in [1.82, 2.24) is 24.8 Å². The van der Waals surface area contributed by atoms with E-state index in [1.807, 2.05) is 4.90 Å². The van der Waals surface area contributed by atoms with Gasteiger partial charge in [0.15, 0.2) is 5.13 Å². The zero-order valence-electron chi connectivity index (χ0n) is 17.5. The molecule has 0 spiro atoms. The molecule has 5 rings (SSSR count). The molecule has 0 aliphatic carbocycles. The average molecular weight is 475 g/mol. The SMILES string of the molecule is O=C(c1sc(Nc2cc(C(F)(F)F)ccn2)nc1-c1ccccn1)N1CCN2CCCC2C1. The molecule has 2 saturated heterocycles. The normalized spacial score (nSPS) is 18.9. The highest BCUT2D eigenvalue weighted by molar-refractivity contribution is 7.18. The number of thiazole rings is 1. The van der Waals surface area contributed by atoms with Gasteiger partial charge in [0.2, 0.25) is 0 Å². The molecule has 2 aliphatic rings. The Balaban J connectivity index is 1.45. The van der Waals surface area contributed by atoms with Crippen LogP contribution in [0.1, 0.15) is 28.1 Å². The van der Waals surface area contributed by atoms with Crippen molar-refractivity contribution in [1.29, 1.82) is 0 Å². The quantitative estimate of drug-likeness (QED) is 0.609. The van der Waals surface area contributed by atoms with Crippen molar-refractivity contribution in [2.45, 2.75) is 25.1 Å². The number of pyridine rings is 2. The molecular weight excluding hydrogens is 453 g/mol. The molecule has 11 heteroatoms. The summed E-state index contributed by atoms with van der Waals surface area (Å²) in [5.41, 5.74) is 0.128. The van der Waals surface area contributed by atoms with Gasteiger partial charge >= 0.3 is 6.18 Å². The minimum atomic E-state index is -4.48. The van der Waals surface area contributed by atoms with E-state index in [2.05, 4.69) is 25.2 Å². The molecule has 0 bridgehead atoms. The number of piperazine rings is 1. The lowest BCUT2D eigenvalue weighted by molar-refractivity contribution is -0.137. The molecule has 0 saturated carbocycles. The molecule has 1 unspecified atom stereocenters.